The molecular formula is C19H17N3OS. The number of nitrogens with two attached hydrogens (primary N) is 2. The normalized spacial score (nSPS) is 10.3. The molecule has 3 aromatic rings. The lowest BCUT2D eigenvalue weighted by Crippen LogP contribution is -2.14. The summed E-state index contributed by atoms with van der Waals surface area (Å²) in [6.07, 6.45) is 0. The molecule has 0 aliphatic heterocycles. The second kappa shape index (κ2) is 7.10. The number of anilines is 3. The standard InChI is InChI=1S/C19H17N3OS/c20-17-8-4-7-16(18(17)21)19(23)22-13-9-11-15(12-10-13)24-14-5-2-1-3-6-14/h1-12H,20-21H2,(H,22,23). The second-order valence-electron chi connectivity index (χ2n) is 5.20. The van der Waals surface area contributed by atoms with Gasteiger partial charge < -0.3 is 16.8 Å². The number of amides is 1. The summed E-state index contributed by atoms with van der Waals surface area (Å²) < 4.78 is 0. The topological polar surface area (TPSA) is 81.1 Å². The van der Waals surface area contributed by atoms with E-state index >= 15 is 0 Å². The van der Waals surface area contributed by atoms with Gasteiger partial charge in [0.1, 0.15) is 0 Å². The van der Waals surface area contributed by atoms with Crippen molar-refractivity contribution in [3.8, 4) is 0 Å². The molecule has 0 bridgehead atoms. The molecule has 120 valence electrons. The predicted octanol–water partition coefficient (Wildman–Crippen LogP) is 4.25. The van der Waals surface area contributed by atoms with E-state index in [4.69, 9.17) is 11.5 Å². The van der Waals surface area contributed by atoms with Gasteiger partial charge in [0.2, 0.25) is 0 Å². The minimum Gasteiger partial charge on any atom is -0.397 e. The molecule has 3 aromatic carbocycles. The second-order valence-corrected chi connectivity index (χ2v) is 6.35. The number of hydrogen-bond donors (Lipinski definition) is 3. The van der Waals surface area contributed by atoms with Crippen LogP contribution in [0.4, 0.5) is 17.1 Å². The number of benzene rings is 3. The zero-order chi connectivity index (χ0) is 16.9. The Morgan fingerprint density at radius 1 is 0.792 bits per heavy atom. The molecule has 0 atom stereocenters. The summed E-state index contributed by atoms with van der Waals surface area (Å²) in [5.41, 5.74) is 13.4. The molecular weight excluding hydrogens is 318 g/mol. The van der Waals surface area contributed by atoms with Gasteiger partial charge in [-0.1, -0.05) is 36.0 Å². The van der Waals surface area contributed by atoms with E-state index in [1.807, 2.05) is 42.5 Å². The van der Waals surface area contributed by atoms with Crippen molar-refractivity contribution in [1.82, 2.24) is 0 Å². The van der Waals surface area contributed by atoms with Crippen LogP contribution < -0.4 is 16.8 Å². The van der Waals surface area contributed by atoms with E-state index in [9.17, 15) is 4.79 Å². The summed E-state index contributed by atoms with van der Waals surface area (Å²) in [7, 11) is 0. The van der Waals surface area contributed by atoms with Crippen molar-refractivity contribution in [1.29, 1.82) is 0 Å². The number of hydrogen-bond acceptors (Lipinski definition) is 4. The molecule has 0 aliphatic carbocycles. The average molecular weight is 335 g/mol. The summed E-state index contributed by atoms with van der Waals surface area (Å²) in [5, 5.41) is 2.83. The van der Waals surface area contributed by atoms with Crippen molar-refractivity contribution in [2.75, 3.05) is 16.8 Å². The van der Waals surface area contributed by atoms with Gasteiger partial charge in [-0.2, -0.15) is 0 Å². The third kappa shape index (κ3) is 3.70. The summed E-state index contributed by atoms with van der Waals surface area (Å²) in [6, 6.07) is 22.8. The highest BCUT2D eigenvalue weighted by Crippen LogP contribution is 2.28. The summed E-state index contributed by atoms with van der Waals surface area (Å²) in [5.74, 6) is -0.275. The van der Waals surface area contributed by atoms with Crippen molar-refractivity contribution < 1.29 is 4.79 Å². The lowest BCUT2D eigenvalue weighted by molar-refractivity contribution is 0.102. The third-order valence-electron chi connectivity index (χ3n) is 3.48. The van der Waals surface area contributed by atoms with E-state index in [0.29, 0.717) is 22.6 Å². The molecule has 0 radical (unpaired) electrons. The maximum Gasteiger partial charge on any atom is 0.257 e. The Bertz CT molecular complexity index is 848. The van der Waals surface area contributed by atoms with Crippen LogP contribution in [0.25, 0.3) is 0 Å². The molecule has 0 unspecified atom stereocenters. The van der Waals surface area contributed by atoms with Gasteiger partial charge in [-0.05, 0) is 48.5 Å². The minimum absolute atomic E-state index is 0.275. The zero-order valence-electron chi connectivity index (χ0n) is 12.9. The van der Waals surface area contributed by atoms with E-state index in [1.54, 1.807) is 30.0 Å². The molecule has 5 N–H and O–H groups in total. The Morgan fingerprint density at radius 2 is 1.46 bits per heavy atom. The van der Waals surface area contributed by atoms with Crippen molar-refractivity contribution in [2.45, 2.75) is 9.79 Å². The number of carbonyl (C=O) groups is 1. The molecule has 0 aromatic heterocycles. The van der Waals surface area contributed by atoms with Gasteiger partial charge in [0.25, 0.3) is 5.91 Å². The minimum atomic E-state index is -0.275. The van der Waals surface area contributed by atoms with Crippen LogP contribution in [0.3, 0.4) is 0 Å². The van der Waals surface area contributed by atoms with Gasteiger partial charge in [0, 0.05) is 15.5 Å². The van der Waals surface area contributed by atoms with Crippen LogP contribution in [0.5, 0.6) is 0 Å². The van der Waals surface area contributed by atoms with E-state index in [0.717, 1.165) is 4.90 Å². The van der Waals surface area contributed by atoms with Crippen molar-refractivity contribution in [2.24, 2.45) is 0 Å². The van der Waals surface area contributed by atoms with Crippen LogP contribution in [0.1, 0.15) is 10.4 Å². The van der Waals surface area contributed by atoms with Crippen LogP contribution in [-0.2, 0) is 0 Å². The van der Waals surface area contributed by atoms with Gasteiger partial charge in [0.15, 0.2) is 0 Å². The molecule has 0 aliphatic rings. The summed E-state index contributed by atoms with van der Waals surface area (Å²) >= 11 is 1.67. The summed E-state index contributed by atoms with van der Waals surface area (Å²) in [6.45, 7) is 0. The highest BCUT2D eigenvalue weighted by atomic mass is 32.2. The molecule has 0 fully saturated rings. The third-order valence-corrected chi connectivity index (χ3v) is 4.49. The van der Waals surface area contributed by atoms with Crippen LogP contribution >= 0.6 is 11.8 Å². The lowest BCUT2D eigenvalue weighted by Gasteiger charge is -2.09. The van der Waals surface area contributed by atoms with Crippen LogP contribution in [0.2, 0.25) is 0 Å². The molecule has 0 spiro atoms. The van der Waals surface area contributed by atoms with Crippen molar-refractivity contribution in [3.63, 3.8) is 0 Å². The van der Waals surface area contributed by atoms with Gasteiger partial charge in [0.05, 0.1) is 16.9 Å². The fourth-order valence-electron chi connectivity index (χ4n) is 2.21. The first-order valence-electron chi connectivity index (χ1n) is 7.42. The fourth-order valence-corrected chi connectivity index (χ4v) is 3.05. The number of nitrogen functional groups attached to an aromatic ring is 2. The predicted molar refractivity (Wildman–Crippen MR) is 100 cm³/mol. The first kappa shape index (κ1) is 16.0. The van der Waals surface area contributed by atoms with E-state index in [2.05, 4.69) is 17.4 Å². The number of nitrogens with one attached hydrogen (secondary N) is 1. The van der Waals surface area contributed by atoms with Gasteiger partial charge >= 0.3 is 0 Å². The Hall–Kier alpha value is -2.92. The van der Waals surface area contributed by atoms with Crippen LogP contribution in [0.15, 0.2) is 82.6 Å². The largest absolute Gasteiger partial charge is 0.397 e. The Kier molecular flexibility index (Phi) is 4.72. The van der Waals surface area contributed by atoms with Crippen LogP contribution in [-0.4, -0.2) is 5.91 Å². The molecule has 1 amide bonds. The molecule has 0 heterocycles. The highest BCUT2D eigenvalue weighted by molar-refractivity contribution is 7.99. The van der Waals surface area contributed by atoms with Gasteiger partial charge in [-0.25, -0.2) is 0 Å². The average Bonchev–Trinajstić information content (AvgIpc) is 2.60. The maximum atomic E-state index is 12.3. The number of carbonyl (C=O) groups excluding carboxylic acids is 1. The SMILES string of the molecule is Nc1cccc(C(=O)Nc2ccc(Sc3ccccc3)cc2)c1N. The smallest absolute Gasteiger partial charge is 0.257 e. The Labute approximate surface area is 144 Å². The summed E-state index contributed by atoms with van der Waals surface area (Å²) in [4.78, 5) is 14.6. The highest BCUT2D eigenvalue weighted by Gasteiger charge is 2.11. The first-order chi connectivity index (χ1) is 11.6. The number of para-hydroxylation sites is 1. The monoisotopic (exact) mass is 335 g/mol. The quantitative estimate of drug-likeness (QED) is 0.622. The van der Waals surface area contributed by atoms with Crippen LogP contribution in [0, 0.1) is 0 Å². The molecule has 5 heteroatoms. The van der Waals surface area contributed by atoms with E-state index in [-0.39, 0.29) is 5.91 Å². The van der Waals surface area contributed by atoms with E-state index in [1.165, 1.54) is 4.90 Å². The Balaban J connectivity index is 1.70. The van der Waals surface area contributed by atoms with Crippen molar-refractivity contribution >= 4 is 34.7 Å². The van der Waals surface area contributed by atoms with Gasteiger partial charge in [-0.3, -0.25) is 4.79 Å². The maximum absolute atomic E-state index is 12.3. The molecule has 0 saturated carbocycles. The molecule has 24 heavy (non-hydrogen) atoms. The number of rotatable bonds is 4. The Morgan fingerprint density at radius 3 is 2.17 bits per heavy atom. The lowest BCUT2D eigenvalue weighted by atomic mass is 10.1. The van der Waals surface area contributed by atoms with E-state index < -0.39 is 0 Å². The molecule has 4 nitrogen and oxygen atoms in total. The molecule has 0 saturated heterocycles. The van der Waals surface area contributed by atoms with Gasteiger partial charge in [-0.15, -0.1) is 0 Å². The van der Waals surface area contributed by atoms with Crippen molar-refractivity contribution in [3.05, 3.63) is 78.4 Å². The first-order valence-corrected chi connectivity index (χ1v) is 8.23. The molecule has 3 rings (SSSR count). The fraction of sp³-hybridized carbons (Fsp3) is 0. The zero-order valence-corrected chi connectivity index (χ0v) is 13.7.